The number of carbonyl (C=O) groups excluding carboxylic acids is 2. The van der Waals surface area contributed by atoms with Gasteiger partial charge in [0.2, 0.25) is 11.8 Å². The summed E-state index contributed by atoms with van der Waals surface area (Å²) in [5, 5.41) is 6.62. The van der Waals surface area contributed by atoms with Gasteiger partial charge in [0.15, 0.2) is 0 Å². The van der Waals surface area contributed by atoms with Gasteiger partial charge in [0, 0.05) is 31.1 Å². The number of nitrogens with one attached hydrogen (secondary N) is 2. The van der Waals surface area contributed by atoms with Crippen LogP contribution in [0.4, 0.5) is 0 Å². The second-order valence-electron chi connectivity index (χ2n) is 7.57. The molecule has 0 radical (unpaired) electrons. The molecule has 0 spiro atoms. The summed E-state index contributed by atoms with van der Waals surface area (Å²) in [5.41, 5.74) is 0. The SMILES string of the molecule is CC1NCCCC1NC(=O)C1CCN(C(=O)CCOc2ccccc2)CC1.Cl. The van der Waals surface area contributed by atoms with E-state index in [0.717, 1.165) is 38.0 Å². The fourth-order valence-electron chi connectivity index (χ4n) is 3.86. The van der Waals surface area contributed by atoms with Crippen LogP contribution in [0.1, 0.15) is 39.0 Å². The predicted octanol–water partition coefficient (Wildman–Crippen LogP) is 2.37. The fourth-order valence-corrected chi connectivity index (χ4v) is 3.86. The predicted molar refractivity (Wildman–Crippen MR) is 112 cm³/mol. The largest absolute Gasteiger partial charge is 0.493 e. The zero-order chi connectivity index (χ0) is 19.1. The summed E-state index contributed by atoms with van der Waals surface area (Å²) in [6, 6.07) is 10.1. The van der Waals surface area contributed by atoms with Crippen LogP contribution >= 0.6 is 12.4 Å². The van der Waals surface area contributed by atoms with E-state index >= 15 is 0 Å². The Kier molecular flexibility index (Phi) is 9.06. The molecule has 2 amide bonds. The van der Waals surface area contributed by atoms with E-state index in [1.54, 1.807) is 0 Å². The molecular weight excluding hydrogens is 378 g/mol. The third-order valence-electron chi connectivity index (χ3n) is 5.64. The van der Waals surface area contributed by atoms with Crippen molar-refractivity contribution in [1.82, 2.24) is 15.5 Å². The van der Waals surface area contributed by atoms with Gasteiger partial charge in [-0.1, -0.05) is 18.2 Å². The lowest BCUT2D eigenvalue weighted by atomic mass is 9.93. The van der Waals surface area contributed by atoms with Gasteiger partial charge in [-0.15, -0.1) is 12.4 Å². The molecule has 7 heteroatoms. The molecule has 2 atom stereocenters. The van der Waals surface area contributed by atoms with E-state index in [1.165, 1.54) is 0 Å². The number of rotatable bonds is 6. The number of piperidine rings is 2. The maximum absolute atomic E-state index is 12.6. The molecule has 2 heterocycles. The third kappa shape index (κ3) is 6.38. The van der Waals surface area contributed by atoms with Crippen molar-refractivity contribution in [2.45, 2.75) is 51.1 Å². The topological polar surface area (TPSA) is 70.7 Å². The van der Waals surface area contributed by atoms with Gasteiger partial charge >= 0.3 is 0 Å². The van der Waals surface area contributed by atoms with Gasteiger partial charge in [-0.05, 0) is 51.3 Å². The van der Waals surface area contributed by atoms with Crippen molar-refractivity contribution >= 4 is 24.2 Å². The van der Waals surface area contributed by atoms with Crippen molar-refractivity contribution in [3.63, 3.8) is 0 Å². The van der Waals surface area contributed by atoms with E-state index in [1.807, 2.05) is 35.2 Å². The summed E-state index contributed by atoms with van der Waals surface area (Å²) in [5.74, 6) is 1.06. The second-order valence-corrected chi connectivity index (χ2v) is 7.57. The molecule has 0 aromatic heterocycles. The Balaban J connectivity index is 0.00000280. The molecule has 28 heavy (non-hydrogen) atoms. The molecule has 0 bridgehead atoms. The maximum atomic E-state index is 12.6. The van der Waals surface area contributed by atoms with Gasteiger partial charge in [0.1, 0.15) is 5.75 Å². The average Bonchev–Trinajstić information content (AvgIpc) is 2.70. The zero-order valence-corrected chi connectivity index (χ0v) is 17.4. The molecule has 2 aliphatic heterocycles. The number of amides is 2. The van der Waals surface area contributed by atoms with Gasteiger partial charge < -0.3 is 20.3 Å². The van der Waals surface area contributed by atoms with Gasteiger partial charge in [0.25, 0.3) is 0 Å². The van der Waals surface area contributed by atoms with E-state index < -0.39 is 0 Å². The number of nitrogens with zero attached hydrogens (tertiary/aromatic N) is 1. The number of benzene rings is 1. The average molecular weight is 410 g/mol. The summed E-state index contributed by atoms with van der Waals surface area (Å²) in [7, 11) is 0. The molecule has 156 valence electrons. The van der Waals surface area contributed by atoms with Gasteiger partial charge in [-0.3, -0.25) is 9.59 Å². The summed E-state index contributed by atoms with van der Waals surface area (Å²) >= 11 is 0. The molecule has 2 fully saturated rings. The Morgan fingerprint density at radius 3 is 2.57 bits per heavy atom. The quantitative estimate of drug-likeness (QED) is 0.756. The van der Waals surface area contributed by atoms with E-state index in [-0.39, 0.29) is 36.2 Å². The van der Waals surface area contributed by atoms with Crippen LogP contribution in [-0.2, 0) is 9.59 Å². The maximum Gasteiger partial charge on any atom is 0.225 e. The molecule has 0 aliphatic carbocycles. The molecule has 2 N–H and O–H groups in total. The number of carbonyl (C=O) groups is 2. The Labute approximate surface area is 173 Å². The molecule has 3 rings (SSSR count). The standard InChI is InChI=1S/C21H31N3O3.ClH/c1-16-19(8-5-12-22-16)23-21(26)17-9-13-24(14-10-17)20(25)11-15-27-18-6-3-2-4-7-18;/h2-4,6-7,16-17,19,22H,5,8-15H2,1H3,(H,23,26);1H. The van der Waals surface area contributed by atoms with Crippen molar-refractivity contribution in [3.8, 4) is 5.75 Å². The summed E-state index contributed by atoms with van der Waals surface area (Å²) < 4.78 is 5.60. The Morgan fingerprint density at radius 2 is 1.89 bits per heavy atom. The first-order chi connectivity index (χ1) is 13.1. The van der Waals surface area contributed by atoms with Crippen molar-refractivity contribution in [1.29, 1.82) is 0 Å². The summed E-state index contributed by atoms with van der Waals surface area (Å²) in [4.78, 5) is 26.8. The van der Waals surface area contributed by atoms with E-state index in [9.17, 15) is 9.59 Å². The van der Waals surface area contributed by atoms with Gasteiger partial charge in [-0.2, -0.15) is 0 Å². The monoisotopic (exact) mass is 409 g/mol. The number of hydrogen-bond donors (Lipinski definition) is 2. The summed E-state index contributed by atoms with van der Waals surface area (Å²) in [6.07, 6.45) is 4.00. The Hall–Kier alpha value is -1.79. The highest BCUT2D eigenvalue weighted by atomic mass is 35.5. The number of hydrogen-bond acceptors (Lipinski definition) is 4. The van der Waals surface area contributed by atoms with E-state index in [2.05, 4.69) is 17.6 Å². The lowest BCUT2D eigenvalue weighted by Crippen LogP contribution is -2.54. The smallest absolute Gasteiger partial charge is 0.225 e. The van der Waals surface area contributed by atoms with Crippen LogP contribution in [0.25, 0.3) is 0 Å². The zero-order valence-electron chi connectivity index (χ0n) is 16.6. The molecular formula is C21H32ClN3O3. The first-order valence-electron chi connectivity index (χ1n) is 10.1. The van der Waals surface area contributed by atoms with Crippen LogP contribution in [0.15, 0.2) is 30.3 Å². The first kappa shape index (κ1) is 22.5. The van der Waals surface area contributed by atoms with Crippen molar-refractivity contribution in [2.75, 3.05) is 26.2 Å². The van der Waals surface area contributed by atoms with E-state index in [4.69, 9.17) is 4.74 Å². The number of ether oxygens (including phenoxy) is 1. The minimum atomic E-state index is 0. The van der Waals surface area contributed by atoms with Crippen LogP contribution in [0.5, 0.6) is 5.75 Å². The van der Waals surface area contributed by atoms with Crippen LogP contribution < -0.4 is 15.4 Å². The van der Waals surface area contributed by atoms with Crippen molar-refractivity contribution in [2.24, 2.45) is 5.92 Å². The number of halogens is 1. The minimum Gasteiger partial charge on any atom is -0.493 e. The van der Waals surface area contributed by atoms with Crippen molar-refractivity contribution < 1.29 is 14.3 Å². The molecule has 2 saturated heterocycles. The molecule has 2 unspecified atom stereocenters. The van der Waals surface area contributed by atoms with Crippen LogP contribution in [0.3, 0.4) is 0 Å². The van der Waals surface area contributed by atoms with Crippen LogP contribution in [0.2, 0.25) is 0 Å². The highest BCUT2D eigenvalue weighted by Crippen LogP contribution is 2.19. The Bertz CT molecular complexity index is 621. The highest BCUT2D eigenvalue weighted by molar-refractivity contribution is 5.85. The second kappa shape index (κ2) is 11.3. The van der Waals surface area contributed by atoms with Crippen LogP contribution in [-0.4, -0.2) is 55.0 Å². The fraction of sp³-hybridized carbons (Fsp3) is 0.619. The van der Waals surface area contributed by atoms with Crippen LogP contribution in [0, 0.1) is 5.92 Å². The molecule has 2 aliphatic rings. The highest BCUT2D eigenvalue weighted by Gasteiger charge is 2.30. The summed E-state index contributed by atoms with van der Waals surface area (Å²) in [6.45, 7) is 4.85. The van der Waals surface area contributed by atoms with Gasteiger partial charge in [0.05, 0.1) is 13.0 Å². The molecule has 1 aromatic carbocycles. The number of para-hydroxylation sites is 1. The Morgan fingerprint density at radius 1 is 1.18 bits per heavy atom. The van der Waals surface area contributed by atoms with Crippen molar-refractivity contribution in [3.05, 3.63) is 30.3 Å². The lowest BCUT2D eigenvalue weighted by molar-refractivity contribution is -0.136. The number of likely N-dealkylation sites (tertiary alicyclic amines) is 1. The molecule has 1 aromatic rings. The third-order valence-corrected chi connectivity index (χ3v) is 5.64. The minimum absolute atomic E-state index is 0. The lowest BCUT2D eigenvalue weighted by Gasteiger charge is -2.35. The molecule has 0 saturated carbocycles. The van der Waals surface area contributed by atoms with E-state index in [0.29, 0.717) is 32.2 Å². The normalized spacial score (nSPS) is 22.8. The van der Waals surface area contributed by atoms with Gasteiger partial charge in [-0.25, -0.2) is 0 Å². The molecule has 6 nitrogen and oxygen atoms in total. The first-order valence-corrected chi connectivity index (χ1v) is 10.1.